The fourth-order valence-corrected chi connectivity index (χ4v) is 2.01. The number of aliphatic hydroxyl groups excluding tert-OH is 1. The number of hydrogen-bond acceptors (Lipinski definition) is 3. The van der Waals surface area contributed by atoms with Crippen LogP contribution in [0.5, 0.6) is 5.75 Å². The van der Waals surface area contributed by atoms with Crippen LogP contribution in [-0.2, 0) is 4.79 Å². The first-order valence-electron chi connectivity index (χ1n) is 6.18. The van der Waals surface area contributed by atoms with Crippen LogP contribution >= 0.6 is 11.6 Å². The first kappa shape index (κ1) is 13.9. The van der Waals surface area contributed by atoms with Gasteiger partial charge in [0.05, 0.1) is 18.2 Å². The van der Waals surface area contributed by atoms with Crippen molar-refractivity contribution >= 4 is 23.6 Å². The van der Waals surface area contributed by atoms with Crippen molar-refractivity contribution < 1.29 is 14.6 Å². The molecule has 0 spiro atoms. The Morgan fingerprint density at radius 3 is 3.05 bits per heavy atom. The van der Waals surface area contributed by atoms with Crippen LogP contribution < -0.4 is 10.1 Å². The number of ether oxygens (including phenoxy) is 1. The van der Waals surface area contributed by atoms with Crippen molar-refractivity contribution in [1.82, 2.24) is 5.32 Å². The van der Waals surface area contributed by atoms with Gasteiger partial charge in [0.1, 0.15) is 12.4 Å². The van der Waals surface area contributed by atoms with E-state index in [-0.39, 0.29) is 25.2 Å². The number of hydrogen-bond donors (Lipinski definition) is 2. The first-order valence-corrected chi connectivity index (χ1v) is 6.56. The fourth-order valence-electron chi connectivity index (χ4n) is 1.83. The van der Waals surface area contributed by atoms with Gasteiger partial charge in [-0.25, -0.2) is 0 Å². The molecule has 2 rings (SSSR count). The maximum atomic E-state index is 12.0. The van der Waals surface area contributed by atoms with Crippen LogP contribution in [0.3, 0.4) is 0 Å². The van der Waals surface area contributed by atoms with Crippen LogP contribution in [0.4, 0.5) is 0 Å². The standard InChI is InChI=1S/C14H16ClNO3/c1-2-12(7-17)16-14(18)10-5-9-6-11(15)3-4-13(9)19-8-10/h3-6,12,17H,2,7-8H2,1H3,(H,16,18). The third-order valence-corrected chi connectivity index (χ3v) is 3.26. The quantitative estimate of drug-likeness (QED) is 0.887. The van der Waals surface area contributed by atoms with Crippen molar-refractivity contribution in [3.8, 4) is 5.75 Å². The number of carbonyl (C=O) groups is 1. The highest BCUT2D eigenvalue weighted by Gasteiger charge is 2.19. The molecule has 0 aliphatic carbocycles. The molecule has 0 bridgehead atoms. The molecular weight excluding hydrogens is 266 g/mol. The van der Waals surface area contributed by atoms with E-state index in [1.165, 1.54) is 0 Å². The van der Waals surface area contributed by atoms with Gasteiger partial charge in [-0.2, -0.15) is 0 Å². The van der Waals surface area contributed by atoms with Crippen molar-refractivity contribution in [3.63, 3.8) is 0 Å². The topological polar surface area (TPSA) is 58.6 Å². The summed E-state index contributed by atoms with van der Waals surface area (Å²) >= 11 is 5.91. The van der Waals surface area contributed by atoms with Crippen LogP contribution in [0.25, 0.3) is 6.08 Å². The van der Waals surface area contributed by atoms with E-state index in [1.54, 1.807) is 24.3 Å². The molecular formula is C14H16ClNO3. The van der Waals surface area contributed by atoms with Crippen molar-refractivity contribution in [3.05, 3.63) is 34.4 Å². The number of carbonyl (C=O) groups excluding carboxylic acids is 1. The maximum absolute atomic E-state index is 12.0. The van der Waals surface area contributed by atoms with Crippen molar-refractivity contribution in [1.29, 1.82) is 0 Å². The lowest BCUT2D eigenvalue weighted by molar-refractivity contribution is -0.118. The highest BCUT2D eigenvalue weighted by molar-refractivity contribution is 6.30. The number of amides is 1. The molecule has 1 aliphatic heterocycles. The van der Waals surface area contributed by atoms with Gasteiger partial charge < -0.3 is 15.2 Å². The Morgan fingerprint density at radius 2 is 2.37 bits per heavy atom. The SMILES string of the molecule is CCC(CO)NC(=O)C1=Cc2cc(Cl)ccc2OC1. The van der Waals surface area contributed by atoms with Gasteiger partial charge in [0.15, 0.2) is 0 Å². The molecule has 1 aromatic rings. The predicted octanol–water partition coefficient (Wildman–Crippen LogP) is 2.00. The zero-order valence-corrected chi connectivity index (χ0v) is 11.4. The number of fused-ring (bicyclic) bond motifs is 1. The Kier molecular flexibility index (Phi) is 4.45. The Hall–Kier alpha value is -1.52. The highest BCUT2D eigenvalue weighted by Crippen LogP contribution is 2.28. The number of rotatable bonds is 4. The summed E-state index contributed by atoms with van der Waals surface area (Å²) in [5, 5.41) is 12.4. The maximum Gasteiger partial charge on any atom is 0.250 e. The monoisotopic (exact) mass is 281 g/mol. The number of nitrogens with one attached hydrogen (secondary N) is 1. The van der Waals surface area contributed by atoms with Crippen molar-refractivity contribution in [2.75, 3.05) is 13.2 Å². The van der Waals surface area contributed by atoms with E-state index >= 15 is 0 Å². The molecule has 0 saturated heterocycles. The zero-order valence-electron chi connectivity index (χ0n) is 10.6. The molecule has 0 saturated carbocycles. The molecule has 0 radical (unpaired) electrons. The summed E-state index contributed by atoms with van der Waals surface area (Å²) in [7, 11) is 0. The molecule has 102 valence electrons. The fraction of sp³-hybridized carbons (Fsp3) is 0.357. The second-order valence-electron chi connectivity index (χ2n) is 4.40. The minimum Gasteiger partial charge on any atom is -0.488 e. The van der Waals surface area contributed by atoms with E-state index in [0.717, 1.165) is 11.3 Å². The summed E-state index contributed by atoms with van der Waals surface area (Å²) in [5.74, 6) is 0.502. The first-order chi connectivity index (χ1) is 9.13. The molecule has 2 N–H and O–H groups in total. The van der Waals surface area contributed by atoms with Crippen LogP contribution in [0.1, 0.15) is 18.9 Å². The summed E-state index contributed by atoms with van der Waals surface area (Å²) < 4.78 is 5.51. The molecule has 0 aromatic heterocycles. The van der Waals surface area contributed by atoms with E-state index < -0.39 is 0 Å². The smallest absolute Gasteiger partial charge is 0.250 e. The lowest BCUT2D eigenvalue weighted by atomic mass is 10.1. The molecule has 4 nitrogen and oxygen atoms in total. The molecule has 0 fully saturated rings. The molecule has 1 atom stereocenters. The second kappa shape index (κ2) is 6.08. The third kappa shape index (κ3) is 3.28. The molecule has 1 aromatic carbocycles. The van der Waals surface area contributed by atoms with E-state index in [2.05, 4.69) is 5.32 Å². The third-order valence-electron chi connectivity index (χ3n) is 3.02. The minimum absolute atomic E-state index is 0.0706. The summed E-state index contributed by atoms with van der Waals surface area (Å²) in [6, 6.07) is 5.06. The summed E-state index contributed by atoms with van der Waals surface area (Å²) in [5.41, 5.74) is 1.32. The summed E-state index contributed by atoms with van der Waals surface area (Å²) in [4.78, 5) is 12.0. The largest absolute Gasteiger partial charge is 0.488 e. The van der Waals surface area contributed by atoms with Crippen molar-refractivity contribution in [2.24, 2.45) is 0 Å². The van der Waals surface area contributed by atoms with Gasteiger partial charge in [0.2, 0.25) is 0 Å². The molecule has 1 heterocycles. The number of halogens is 1. The van der Waals surface area contributed by atoms with E-state index in [0.29, 0.717) is 17.0 Å². The van der Waals surface area contributed by atoms with Gasteiger partial charge in [-0.1, -0.05) is 18.5 Å². The van der Waals surface area contributed by atoms with Crippen LogP contribution in [0.15, 0.2) is 23.8 Å². The Labute approximate surface area is 117 Å². The lowest BCUT2D eigenvalue weighted by Gasteiger charge is -2.20. The lowest BCUT2D eigenvalue weighted by Crippen LogP contribution is -2.39. The van der Waals surface area contributed by atoms with Gasteiger partial charge in [-0.15, -0.1) is 0 Å². The summed E-state index contributed by atoms with van der Waals surface area (Å²) in [6.07, 6.45) is 2.45. The van der Waals surface area contributed by atoms with Gasteiger partial charge in [-0.3, -0.25) is 4.79 Å². The zero-order chi connectivity index (χ0) is 13.8. The van der Waals surface area contributed by atoms with Gasteiger partial charge in [0.25, 0.3) is 5.91 Å². The molecule has 19 heavy (non-hydrogen) atoms. The highest BCUT2D eigenvalue weighted by atomic mass is 35.5. The molecule has 1 amide bonds. The van der Waals surface area contributed by atoms with Crippen molar-refractivity contribution in [2.45, 2.75) is 19.4 Å². The second-order valence-corrected chi connectivity index (χ2v) is 4.84. The Morgan fingerprint density at radius 1 is 1.58 bits per heavy atom. The molecule has 5 heteroatoms. The van der Waals surface area contributed by atoms with E-state index in [4.69, 9.17) is 21.4 Å². The molecule has 1 unspecified atom stereocenters. The minimum atomic E-state index is -0.228. The number of aliphatic hydroxyl groups is 1. The molecule has 1 aliphatic rings. The van der Waals surface area contributed by atoms with Crippen LogP contribution in [0.2, 0.25) is 5.02 Å². The average Bonchev–Trinajstić information content (AvgIpc) is 2.43. The van der Waals surface area contributed by atoms with Gasteiger partial charge in [-0.05, 0) is 30.7 Å². The number of benzene rings is 1. The van der Waals surface area contributed by atoms with Gasteiger partial charge >= 0.3 is 0 Å². The van der Waals surface area contributed by atoms with E-state index in [1.807, 2.05) is 6.92 Å². The normalized spacial score (nSPS) is 15.0. The van der Waals surface area contributed by atoms with E-state index in [9.17, 15) is 4.79 Å². The average molecular weight is 282 g/mol. The van der Waals surface area contributed by atoms with Crippen LogP contribution in [-0.4, -0.2) is 30.3 Å². The van der Waals surface area contributed by atoms with Gasteiger partial charge in [0, 0.05) is 10.6 Å². The van der Waals surface area contributed by atoms with Crippen LogP contribution in [0, 0.1) is 0 Å². The summed E-state index contributed by atoms with van der Waals surface area (Å²) in [6.45, 7) is 2.06. The Bertz CT molecular complexity index is 509. The predicted molar refractivity (Wildman–Crippen MR) is 74.2 cm³/mol. The Balaban J connectivity index is 2.16.